The van der Waals surface area contributed by atoms with E-state index in [0.29, 0.717) is 38.6 Å². The molecule has 3 nitrogen and oxygen atoms in total. The zero-order valence-corrected chi connectivity index (χ0v) is 13.6. The Bertz CT molecular complexity index is 595. The molecule has 0 aromatic heterocycles. The first-order chi connectivity index (χ1) is 10.1. The summed E-state index contributed by atoms with van der Waals surface area (Å²) in [5.74, 6) is 1.30. The van der Waals surface area contributed by atoms with Crippen molar-refractivity contribution in [2.75, 3.05) is 0 Å². The first kappa shape index (κ1) is 14.8. The van der Waals surface area contributed by atoms with Gasteiger partial charge in [-0.2, -0.15) is 5.10 Å². The predicted octanol–water partition coefficient (Wildman–Crippen LogP) is 3.76. The number of fused-ring (bicyclic) bond motifs is 2. The van der Waals surface area contributed by atoms with Gasteiger partial charge in [0.1, 0.15) is 0 Å². The van der Waals surface area contributed by atoms with Crippen LogP contribution in [0.2, 0.25) is 10.0 Å². The Morgan fingerprint density at radius 3 is 2.62 bits per heavy atom. The van der Waals surface area contributed by atoms with Crippen molar-refractivity contribution < 1.29 is 0 Å². The highest BCUT2D eigenvalue weighted by Crippen LogP contribution is 2.38. The second-order valence-corrected chi connectivity index (χ2v) is 6.59. The SMILES string of the molecule is S=C(N/N=C\c1c(Cl)cccc1Cl)N[C@H]1C[C@H]2C=C[C@H]1C2. The van der Waals surface area contributed by atoms with E-state index in [-0.39, 0.29) is 0 Å². The normalized spacial score (nSPS) is 26.5. The van der Waals surface area contributed by atoms with Crippen molar-refractivity contribution in [3.05, 3.63) is 46.0 Å². The standard InChI is InChI=1S/C15H15Cl2N3S/c16-12-2-1-3-13(17)11(12)8-18-20-15(21)19-14-7-9-4-5-10(14)6-9/h1-5,8-10,14H,6-7H2,(H2,19,20,21)/b18-8-/t9-,10-,14-/m0/s1. The Morgan fingerprint density at radius 2 is 2.00 bits per heavy atom. The van der Waals surface area contributed by atoms with Gasteiger partial charge in [-0.3, -0.25) is 5.43 Å². The van der Waals surface area contributed by atoms with Gasteiger partial charge in [-0.05, 0) is 49.0 Å². The number of nitrogens with zero attached hydrogens (tertiary/aromatic N) is 1. The van der Waals surface area contributed by atoms with Gasteiger partial charge in [0.15, 0.2) is 5.11 Å². The van der Waals surface area contributed by atoms with Crippen LogP contribution in [-0.4, -0.2) is 17.4 Å². The van der Waals surface area contributed by atoms with Crippen LogP contribution in [0.25, 0.3) is 0 Å². The molecule has 0 aliphatic heterocycles. The molecule has 2 N–H and O–H groups in total. The quantitative estimate of drug-likeness (QED) is 0.381. The van der Waals surface area contributed by atoms with E-state index in [4.69, 9.17) is 35.4 Å². The fraction of sp³-hybridized carbons (Fsp3) is 0.333. The molecular formula is C15H15Cl2N3S. The van der Waals surface area contributed by atoms with E-state index in [1.165, 1.54) is 6.42 Å². The molecule has 0 unspecified atom stereocenters. The van der Waals surface area contributed by atoms with Gasteiger partial charge < -0.3 is 5.32 Å². The number of hydrogen-bond donors (Lipinski definition) is 2. The lowest BCUT2D eigenvalue weighted by Gasteiger charge is -2.20. The number of thiocarbonyl (C=S) groups is 1. The topological polar surface area (TPSA) is 36.4 Å². The summed E-state index contributed by atoms with van der Waals surface area (Å²) < 4.78 is 0. The molecule has 110 valence electrons. The van der Waals surface area contributed by atoms with Gasteiger partial charge in [0.2, 0.25) is 0 Å². The van der Waals surface area contributed by atoms with Gasteiger partial charge in [-0.1, -0.05) is 41.4 Å². The average Bonchev–Trinajstić information content (AvgIpc) is 3.04. The summed E-state index contributed by atoms with van der Waals surface area (Å²) in [6, 6.07) is 5.75. The van der Waals surface area contributed by atoms with Gasteiger partial charge in [0, 0.05) is 11.6 Å². The molecule has 2 aliphatic rings. The zero-order valence-electron chi connectivity index (χ0n) is 11.2. The van der Waals surface area contributed by atoms with Crippen molar-refractivity contribution in [2.45, 2.75) is 18.9 Å². The molecular weight excluding hydrogens is 325 g/mol. The Morgan fingerprint density at radius 1 is 1.24 bits per heavy atom. The maximum absolute atomic E-state index is 6.07. The third-order valence-electron chi connectivity index (χ3n) is 3.95. The summed E-state index contributed by atoms with van der Waals surface area (Å²) in [5, 5.41) is 9.07. The first-order valence-corrected chi connectivity index (χ1v) is 8.02. The molecule has 21 heavy (non-hydrogen) atoms. The number of halogens is 2. The number of hydrazone groups is 1. The van der Waals surface area contributed by atoms with E-state index < -0.39 is 0 Å². The molecule has 1 aromatic carbocycles. The number of hydrogen-bond acceptors (Lipinski definition) is 2. The average molecular weight is 340 g/mol. The van der Waals surface area contributed by atoms with Gasteiger partial charge in [0.25, 0.3) is 0 Å². The van der Waals surface area contributed by atoms with E-state index in [1.54, 1.807) is 24.4 Å². The van der Waals surface area contributed by atoms with Gasteiger partial charge in [0.05, 0.1) is 16.3 Å². The van der Waals surface area contributed by atoms with Crippen molar-refractivity contribution in [3.8, 4) is 0 Å². The molecule has 2 bridgehead atoms. The van der Waals surface area contributed by atoms with E-state index in [1.807, 2.05) is 0 Å². The van der Waals surface area contributed by atoms with Crippen LogP contribution in [0.1, 0.15) is 18.4 Å². The maximum Gasteiger partial charge on any atom is 0.187 e. The molecule has 3 rings (SSSR count). The highest BCUT2D eigenvalue weighted by molar-refractivity contribution is 7.80. The van der Waals surface area contributed by atoms with Crippen molar-refractivity contribution in [2.24, 2.45) is 16.9 Å². The summed E-state index contributed by atoms with van der Waals surface area (Å²) in [6.45, 7) is 0. The molecule has 3 atom stereocenters. The lowest BCUT2D eigenvalue weighted by Crippen LogP contribution is -2.42. The van der Waals surface area contributed by atoms with Crippen LogP contribution in [0.5, 0.6) is 0 Å². The summed E-state index contributed by atoms with van der Waals surface area (Å²) in [5.41, 5.74) is 3.50. The summed E-state index contributed by atoms with van der Waals surface area (Å²) in [6.07, 6.45) is 8.54. The van der Waals surface area contributed by atoms with Crippen molar-refractivity contribution >= 4 is 46.7 Å². The predicted molar refractivity (Wildman–Crippen MR) is 92.1 cm³/mol. The first-order valence-electron chi connectivity index (χ1n) is 6.85. The Labute approximate surface area is 139 Å². The third-order valence-corrected chi connectivity index (χ3v) is 4.82. The lowest BCUT2D eigenvalue weighted by molar-refractivity contribution is 0.521. The minimum Gasteiger partial charge on any atom is -0.358 e. The van der Waals surface area contributed by atoms with Gasteiger partial charge in [-0.25, -0.2) is 0 Å². The van der Waals surface area contributed by atoms with Crippen molar-refractivity contribution in [1.82, 2.24) is 10.7 Å². The van der Waals surface area contributed by atoms with Crippen molar-refractivity contribution in [1.29, 1.82) is 0 Å². The lowest BCUT2D eigenvalue weighted by atomic mass is 10.0. The Balaban J connectivity index is 1.54. The highest BCUT2D eigenvalue weighted by Gasteiger charge is 2.35. The van der Waals surface area contributed by atoms with Crippen LogP contribution in [0.15, 0.2) is 35.5 Å². The van der Waals surface area contributed by atoms with Crippen LogP contribution < -0.4 is 10.7 Å². The number of rotatable bonds is 3. The number of allylic oxidation sites excluding steroid dienone is 1. The van der Waals surface area contributed by atoms with Crippen molar-refractivity contribution in [3.63, 3.8) is 0 Å². The molecule has 1 fully saturated rings. The monoisotopic (exact) mass is 339 g/mol. The van der Waals surface area contributed by atoms with Crippen LogP contribution in [-0.2, 0) is 0 Å². The largest absolute Gasteiger partial charge is 0.358 e. The smallest absolute Gasteiger partial charge is 0.187 e. The van der Waals surface area contributed by atoms with Crippen LogP contribution in [0, 0.1) is 11.8 Å². The van der Waals surface area contributed by atoms with Crippen LogP contribution in [0.3, 0.4) is 0 Å². The summed E-state index contributed by atoms with van der Waals surface area (Å²) in [4.78, 5) is 0. The molecule has 1 saturated carbocycles. The molecule has 0 radical (unpaired) electrons. The second kappa shape index (κ2) is 6.34. The van der Waals surface area contributed by atoms with E-state index >= 15 is 0 Å². The summed E-state index contributed by atoms with van der Waals surface area (Å²) in [7, 11) is 0. The van der Waals surface area contributed by atoms with Crippen LogP contribution >= 0.6 is 35.4 Å². The molecule has 0 saturated heterocycles. The molecule has 0 amide bonds. The van der Waals surface area contributed by atoms with Crippen LogP contribution in [0.4, 0.5) is 0 Å². The van der Waals surface area contributed by atoms with Gasteiger partial charge >= 0.3 is 0 Å². The zero-order chi connectivity index (χ0) is 14.8. The number of nitrogens with one attached hydrogen (secondary N) is 2. The van der Waals surface area contributed by atoms with Gasteiger partial charge in [-0.15, -0.1) is 0 Å². The fourth-order valence-corrected chi connectivity index (χ4v) is 3.64. The maximum atomic E-state index is 6.07. The molecule has 6 heteroatoms. The minimum atomic E-state index is 0.416. The number of benzene rings is 1. The van der Waals surface area contributed by atoms with E-state index in [9.17, 15) is 0 Å². The van der Waals surface area contributed by atoms with E-state index in [2.05, 4.69) is 28.0 Å². The fourth-order valence-electron chi connectivity index (χ4n) is 2.94. The van der Waals surface area contributed by atoms with E-state index in [0.717, 1.165) is 6.42 Å². The summed E-state index contributed by atoms with van der Waals surface area (Å²) >= 11 is 17.4. The highest BCUT2D eigenvalue weighted by atomic mass is 35.5. The minimum absolute atomic E-state index is 0.416. The Kier molecular flexibility index (Phi) is 4.48. The molecule has 1 aromatic rings. The molecule has 0 heterocycles. The third kappa shape index (κ3) is 3.39. The molecule has 2 aliphatic carbocycles. The second-order valence-electron chi connectivity index (χ2n) is 5.37. The molecule has 0 spiro atoms. The Hall–Kier alpha value is -1.10.